The van der Waals surface area contributed by atoms with E-state index in [1.165, 1.54) is 24.9 Å². The van der Waals surface area contributed by atoms with E-state index in [1.54, 1.807) is 4.57 Å². The second kappa shape index (κ2) is 11.8. The fourth-order valence-corrected chi connectivity index (χ4v) is 6.25. The van der Waals surface area contributed by atoms with E-state index in [0.717, 1.165) is 4.57 Å². The van der Waals surface area contributed by atoms with E-state index in [2.05, 4.69) is 24.5 Å². The number of aliphatic hydroxyl groups excluding tert-OH is 1. The number of nitrogens with zero attached hydrogens (tertiary/aromatic N) is 6. The van der Waals surface area contributed by atoms with Gasteiger partial charge in [-0.2, -0.15) is 14.0 Å². The molecule has 3 aromatic heterocycles. The van der Waals surface area contributed by atoms with Crippen molar-refractivity contribution in [1.29, 1.82) is 0 Å². The Kier molecular flexibility index (Phi) is 8.64. The molecule has 19 nitrogen and oxygen atoms in total. The molecule has 5 rings (SSSR count). The van der Waals surface area contributed by atoms with Gasteiger partial charge in [-0.25, -0.2) is 29.2 Å². The van der Waals surface area contributed by atoms with E-state index in [9.17, 15) is 19.4 Å². The lowest BCUT2D eigenvalue weighted by Gasteiger charge is -2.27. The summed E-state index contributed by atoms with van der Waals surface area (Å²) in [7, 11) is -8.94. The number of phosphoric ester groups is 1. The second-order valence-corrected chi connectivity index (χ2v) is 13.1. The SMILES string of the molecule is Nc1ccn([C@H]2C[C@H](O[P+](O)([S-])OC[C@H]3O[C@@H](n4cnc5c(N)ncnc54)C[C@@H]3O)[C@@H](COP(=O)(O)O)O2)c(=O)n1. The number of nitrogens with two attached hydrogens (primary N) is 2. The molecule has 0 bridgehead atoms. The summed E-state index contributed by atoms with van der Waals surface area (Å²) >= 11 is 5.14. The first-order valence-electron chi connectivity index (χ1n) is 11.9. The number of hydrogen-bond donors (Lipinski definition) is 6. The van der Waals surface area contributed by atoms with E-state index in [0.29, 0.717) is 11.2 Å². The maximum atomic E-state index is 12.3. The largest absolute Gasteiger partial charge is 0.469 e. The van der Waals surface area contributed by atoms with Gasteiger partial charge < -0.3 is 48.1 Å². The molecule has 2 aliphatic rings. The van der Waals surface area contributed by atoms with Crippen molar-refractivity contribution in [3.63, 3.8) is 0 Å². The lowest BCUT2D eigenvalue weighted by molar-refractivity contribution is -0.0518. The van der Waals surface area contributed by atoms with Crippen molar-refractivity contribution in [3.05, 3.63) is 35.4 Å². The predicted octanol–water partition coefficient (Wildman–Crippen LogP) is -1.09. The average molecular weight is 636 g/mol. The van der Waals surface area contributed by atoms with Crippen molar-refractivity contribution in [2.75, 3.05) is 24.7 Å². The fraction of sp³-hybridized carbons (Fsp3) is 0.526. The molecule has 2 saturated heterocycles. The molecule has 7 atom stereocenters. The van der Waals surface area contributed by atoms with Crippen molar-refractivity contribution >= 4 is 50.0 Å². The van der Waals surface area contributed by atoms with Gasteiger partial charge in [-0.1, -0.05) is 0 Å². The molecule has 0 aliphatic carbocycles. The van der Waals surface area contributed by atoms with Crippen LogP contribution in [0.5, 0.6) is 0 Å². The number of ether oxygens (including phenoxy) is 2. The summed E-state index contributed by atoms with van der Waals surface area (Å²) in [5.74, 6) is 0.167. The van der Waals surface area contributed by atoms with E-state index < -0.39 is 64.1 Å². The molecule has 224 valence electrons. The van der Waals surface area contributed by atoms with Crippen LogP contribution in [-0.4, -0.2) is 86.5 Å². The summed E-state index contributed by atoms with van der Waals surface area (Å²) in [6.07, 6.45) is -1.81. The van der Waals surface area contributed by atoms with Gasteiger partial charge in [-0.3, -0.25) is 13.7 Å². The minimum absolute atomic E-state index is 0.0186. The second-order valence-electron chi connectivity index (χ2n) is 9.12. The highest BCUT2D eigenvalue weighted by Crippen LogP contribution is 2.58. The van der Waals surface area contributed by atoms with Crippen LogP contribution in [0.3, 0.4) is 0 Å². The van der Waals surface area contributed by atoms with Crippen LogP contribution in [0.15, 0.2) is 29.7 Å². The number of hydrogen-bond acceptors (Lipinski definition) is 16. The minimum atomic E-state index is -4.89. The van der Waals surface area contributed by atoms with Crippen LogP contribution < -0.4 is 17.2 Å². The van der Waals surface area contributed by atoms with Gasteiger partial charge in [-0.15, -0.1) is 0 Å². The predicted molar refractivity (Wildman–Crippen MR) is 141 cm³/mol. The third-order valence-electron chi connectivity index (χ3n) is 6.32. The number of rotatable bonds is 10. The van der Waals surface area contributed by atoms with Crippen molar-refractivity contribution in [3.8, 4) is 0 Å². The molecule has 0 aromatic carbocycles. The molecule has 0 spiro atoms. The van der Waals surface area contributed by atoms with Crippen LogP contribution in [-0.2, 0) is 39.9 Å². The minimum Gasteiger partial charge on any atom is -0.459 e. The quantitative estimate of drug-likeness (QED) is 0.114. The number of anilines is 2. The maximum absolute atomic E-state index is 12.3. The number of aliphatic hydroxyl groups is 1. The molecule has 41 heavy (non-hydrogen) atoms. The van der Waals surface area contributed by atoms with Gasteiger partial charge in [0.05, 0.1) is 19.0 Å². The normalized spacial score (nSPS) is 28.3. The van der Waals surface area contributed by atoms with Crippen molar-refractivity contribution in [2.24, 2.45) is 0 Å². The fourth-order valence-electron chi connectivity index (χ4n) is 4.43. The zero-order valence-corrected chi connectivity index (χ0v) is 23.5. The van der Waals surface area contributed by atoms with E-state index in [1.807, 2.05) is 0 Å². The number of imidazole rings is 1. The van der Waals surface area contributed by atoms with Gasteiger partial charge in [0.1, 0.15) is 55.0 Å². The standard InChI is InChI=1S/C19H26N8O11P2S/c20-13-1-2-26(19(29)25-13)15-4-10(12(37-15)6-34-39(30,31)32)38-40(33,41)35-5-11-9(28)3-14(36-11)27-8-24-16-17(21)22-7-23-18(16)27/h1-2,7-12,14-15,28H,3-6H2,(H,33,41)(H2,20,25,29)(H2,21,22,23)(H2,30,31,32)/t9-,10-,11+,12+,14+,15+,40?/m0/s1. The third kappa shape index (κ3) is 7.02. The Hall–Kier alpha value is -2.32. The zero-order valence-electron chi connectivity index (χ0n) is 20.9. The smallest absolute Gasteiger partial charge is 0.459 e. The van der Waals surface area contributed by atoms with Crippen LogP contribution >= 0.6 is 15.0 Å². The van der Waals surface area contributed by atoms with Gasteiger partial charge in [0, 0.05) is 19.0 Å². The van der Waals surface area contributed by atoms with Crippen molar-refractivity contribution < 1.29 is 47.4 Å². The van der Waals surface area contributed by atoms with Gasteiger partial charge >= 0.3 is 13.5 Å². The maximum Gasteiger partial charge on any atom is 0.469 e. The van der Waals surface area contributed by atoms with Crippen LogP contribution in [0, 0.1) is 0 Å². The summed E-state index contributed by atoms with van der Waals surface area (Å²) in [6.45, 7) is -1.02. The van der Waals surface area contributed by atoms with E-state index in [4.69, 9.17) is 52.0 Å². The number of aromatic nitrogens is 6. The van der Waals surface area contributed by atoms with E-state index >= 15 is 0 Å². The Labute approximate surface area is 236 Å². The first-order chi connectivity index (χ1) is 19.3. The highest BCUT2D eigenvalue weighted by atomic mass is 32.7. The molecule has 1 unspecified atom stereocenters. The first-order valence-corrected chi connectivity index (χ1v) is 16.0. The Balaban J connectivity index is 1.24. The lowest BCUT2D eigenvalue weighted by Crippen LogP contribution is -2.30. The first kappa shape index (κ1) is 30.1. The third-order valence-corrected chi connectivity index (χ3v) is 8.39. The molecule has 3 aromatic rings. The monoisotopic (exact) mass is 636 g/mol. The molecule has 2 fully saturated rings. The summed E-state index contributed by atoms with van der Waals surface area (Å²) in [5, 5.41) is 10.6. The van der Waals surface area contributed by atoms with Gasteiger partial charge in [-0.05, 0) is 6.07 Å². The molecule has 5 heterocycles. The molecule has 0 saturated carbocycles. The van der Waals surface area contributed by atoms with Crippen molar-refractivity contribution in [2.45, 2.75) is 49.7 Å². The Morgan fingerprint density at radius 2 is 1.85 bits per heavy atom. The van der Waals surface area contributed by atoms with Crippen LogP contribution in [0.2, 0.25) is 0 Å². The zero-order chi connectivity index (χ0) is 29.5. The summed E-state index contributed by atoms with van der Waals surface area (Å²) in [6, 6.07) is 1.36. The van der Waals surface area contributed by atoms with Crippen molar-refractivity contribution in [1.82, 2.24) is 29.1 Å². The highest BCUT2D eigenvalue weighted by Gasteiger charge is 2.45. The molecular formula is C19H26N8O11P2S. The van der Waals surface area contributed by atoms with Crippen LogP contribution in [0.1, 0.15) is 25.3 Å². The number of nitrogen functional groups attached to an aromatic ring is 2. The number of fused-ring (bicyclic) bond motifs is 1. The molecule has 0 amide bonds. The summed E-state index contributed by atoms with van der Waals surface area (Å²) < 4.78 is 41.1. The Bertz CT molecular complexity index is 1510. The lowest BCUT2D eigenvalue weighted by atomic mass is 10.2. The van der Waals surface area contributed by atoms with E-state index in [-0.39, 0.29) is 31.1 Å². The molecule has 8 N–H and O–H groups in total. The molecule has 0 radical (unpaired) electrons. The Morgan fingerprint density at radius 3 is 2.59 bits per heavy atom. The number of phosphoric acid groups is 1. The van der Waals surface area contributed by atoms with Gasteiger partial charge in [0.15, 0.2) is 11.5 Å². The molecular weight excluding hydrogens is 610 g/mol. The molecule has 2 aliphatic heterocycles. The Morgan fingerprint density at radius 1 is 1.12 bits per heavy atom. The van der Waals surface area contributed by atoms with Gasteiger partial charge in [0.2, 0.25) is 0 Å². The van der Waals surface area contributed by atoms with Crippen LogP contribution in [0.25, 0.3) is 11.2 Å². The highest BCUT2D eigenvalue weighted by molar-refractivity contribution is 8.35. The topological polar surface area (TPSA) is 275 Å². The van der Waals surface area contributed by atoms with Gasteiger partial charge in [0.25, 0.3) is 7.15 Å². The van der Waals surface area contributed by atoms with Crippen LogP contribution in [0.4, 0.5) is 11.6 Å². The summed E-state index contributed by atoms with van der Waals surface area (Å²) in [5.41, 5.74) is 11.4. The average Bonchev–Trinajstić information content (AvgIpc) is 3.58. The molecule has 22 heteroatoms. The summed E-state index contributed by atoms with van der Waals surface area (Å²) in [4.78, 5) is 57.1.